The number of amides is 2. The highest BCUT2D eigenvalue weighted by molar-refractivity contribution is 6.32. The van der Waals surface area contributed by atoms with Gasteiger partial charge in [0.2, 0.25) is 0 Å². The zero-order valence-corrected chi connectivity index (χ0v) is 26.9. The molecule has 0 bridgehead atoms. The molecule has 2 aliphatic heterocycles. The smallest absolute Gasteiger partial charge is 0.415 e. The summed E-state index contributed by atoms with van der Waals surface area (Å²) in [6.07, 6.45) is 1.22. The van der Waals surface area contributed by atoms with Crippen molar-refractivity contribution in [3.05, 3.63) is 52.8 Å². The molecule has 1 unspecified atom stereocenters. The zero-order chi connectivity index (χ0) is 32.1. The van der Waals surface area contributed by atoms with E-state index in [0.29, 0.717) is 42.3 Å². The van der Waals surface area contributed by atoms with Crippen molar-refractivity contribution in [3.63, 3.8) is 0 Å². The van der Waals surface area contributed by atoms with Gasteiger partial charge in [-0.1, -0.05) is 37.1 Å². The number of nitrogens with zero attached hydrogens (tertiary/aromatic N) is 2. The zero-order valence-electron chi connectivity index (χ0n) is 26.1. The van der Waals surface area contributed by atoms with E-state index in [1.807, 2.05) is 0 Å². The highest BCUT2D eigenvalue weighted by Gasteiger charge is 2.46. The van der Waals surface area contributed by atoms with Gasteiger partial charge < -0.3 is 23.8 Å². The third-order valence-corrected chi connectivity index (χ3v) is 8.06. The molecule has 44 heavy (non-hydrogen) atoms. The predicted molar refractivity (Wildman–Crippen MR) is 165 cm³/mol. The fraction of sp³-hybridized carbons (Fsp3) is 0.545. The number of unbranched alkanes of at least 4 members (excludes halogenated alkanes) is 1. The van der Waals surface area contributed by atoms with Gasteiger partial charge in [-0.05, 0) is 77.1 Å². The summed E-state index contributed by atoms with van der Waals surface area (Å²) in [6.45, 7) is 10.3. The van der Waals surface area contributed by atoms with Crippen LogP contribution in [0.3, 0.4) is 0 Å². The summed E-state index contributed by atoms with van der Waals surface area (Å²) in [5.74, 6) is -0.315. The Balaban J connectivity index is 1.55. The van der Waals surface area contributed by atoms with Crippen molar-refractivity contribution in [2.24, 2.45) is 5.41 Å². The van der Waals surface area contributed by atoms with Crippen LogP contribution in [0.1, 0.15) is 65.9 Å². The van der Waals surface area contributed by atoms with Crippen LogP contribution in [0.4, 0.5) is 14.9 Å². The molecule has 1 fully saturated rings. The minimum Gasteiger partial charge on any atom is -0.492 e. The lowest BCUT2D eigenvalue weighted by Gasteiger charge is -2.42. The molecule has 0 radical (unpaired) electrons. The average Bonchev–Trinajstić information content (AvgIpc) is 2.97. The molecule has 2 aliphatic rings. The molecule has 0 aliphatic carbocycles. The maximum Gasteiger partial charge on any atom is 0.415 e. The van der Waals surface area contributed by atoms with Crippen LogP contribution < -0.4 is 14.4 Å². The lowest BCUT2D eigenvalue weighted by atomic mass is 9.73. The van der Waals surface area contributed by atoms with E-state index in [1.54, 1.807) is 56.9 Å². The molecular formula is C33H42ClFN2O7. The fourth-order valence-corrected chi connectivity index (χ4v) is 5.64. The van der Waals surface area contributed by atoms with E-state index in [4.69, 9.17) is 30.5 Å². The largest absolute Gasteiger partial charge is 0.492 e. The van der Waals surface area contributed by atoms with Crippen molar-refractivity contribution in [2.45, 2.75) is 78.4 Å². The number of esters is 1. The molecule has 1 atom stereocenters. The number of carbonyl (C=O) groups is 3. The number of benzene rings is 2. The number of hydrogen-bond donors (Lipinski definition) is 0. The standard InChI is InChI=1S/C33H42ClFN2O7/c1-6-8-17-42-26-19-27-25(18-24(26)34)37(31(40)44-32(3,4)5)21-28(43-27)29(38)36-15-13-33(14-16-36,30(39)41-7-2)20-22-9-11-23(35)12-10-22/h9-12,18-19,28H,6-8,13-17,20-21H2,1-5H3. The van der Waals surface area contributed by atoms with E-state index in [1.165, 1.54) is 17.0 Å². The van der Waals surface area contributed by atoms with Crippen LogP contribution in [-0.4, -0.2) is 67.4 Å². The second-order valence-electron chi connectivity index (χ2n) is 12.3. The second kappa shape index (κ2) is 14.1. The molecule has 2 amide bonds. The number of halogens is 2. The summed E-state index contributed by atoms with van der Waals surface area (Å²) in [7, 11) is 0. The molecule has 4 rings (SSSR count). The van der Waals surface area contributed by atoms with Gasteiger partial charge in [0, 0.05) is 19.2 Å². The number of rotatable bonds is 9. The van der Waals surface area contributed by atoms with Crippen molar-refractivity contribution in [2.75, 3.05) is 37.7 Å². The van der Waals surface area contributed by atoms with Crippen molar-refractivity contribution >= 4 is 35.3 Å². The molecule has 2 heterocycles. The molecule has 9 nitrogen and oxygen atoms in total. The van der Waals surface area contributed by atoms with E-state index in [0.717, 1.165) is 18.4 Å². The molecule has 0 N–H and O–H groups in total. The van der Waals surface area contributed by atoms with Gasteiger partial charge >= 0.3 is 12.1 Å². The van der Waals surface area contributed by atoms with Gasteiger partial charge in [0.05, 0.1) is 35.9 Å². The molecule has 2 aromatic carbocycles. The summed E-state index contributed by atoms with van der Waals surface area (Å²) in [5.41, 5.74) is -0.421. The van der Waals surface area contributed by atoms with Crippen LogP contribution in [0.15, 0.2) is 36.4 Å². The Hall–Kier alpha value is -3.53. The van der Waals surface area contributed by atoms with Gasteiger partial charge in [-0.2, -0.15) is 0 Å². The Labute approximate surface area is 263 Å². The van der Waals surface area contributed by atoms with Gasteiger partial charge in [-0.15, -0.1) is 0 Å². The topological polar surface area (TPSA) is 94.6 Å². The molecule has 240 valence electrons. The second-order valence-corrected chi connectivity index (χ2v) is 12.7. The normalized spacial score (nSPS) is 17.8. The maximum absolute atomic E-state index is 13.9. The van der Waals surface area contributed by atoms with E-state index < -0.39 is 23.2 Å². The quantitative estimate of drug-likeness (QED) is 0.228. The number of anilines is 1. The van der Waals surface area contributed by atoms with Crippen molar-refractivity contribution < 1.29 is 37.7 Å². The summed E-state index contributed by atoms with van der Waals surface area (Å²) < 4.78 is 36.7. The van der Waals surface area contributed by atoms with Crippen molar-refractivity contribution in [1.82, 2.24) is 4.90 Å². The molecule has 1 saturated heterocycles. The summed E-state index contributed by atoms with van der Waals surface area (Å²) >= 11 is 6.51. The van der Waals surface area contributed by atoms with E-state index in [9.17, 15) is 18.8 Å². The van der Waals surface area contributed by atoms with E-state index in [2.05, 4.69) is 6.92 Å². The number of ether oxygens (including phenoxy) is 4. The molecule has 0 spiro atoms. The third-order valence-electron chi connectivity index (χ3n) is 7.76. The first-order valence-electron chi connectivity index (χ1n) is 15.2. The average molecular weight is 633 g/mol. The predicted octanol–water partition coefficient (Wildman–Crippen LogP) is 6.58. The molecule has 11 heteroatoms. The maximum atomic E-state index is 13.9. The summed E-state index contributed by atoms with van der Waals surface area (Å²) in [6, 6.07) is 9.27. The third kappa shape index (κ3) is 7.94. The minimum absolute atomic E-state index is 0.0811. The molecular weight excluding hydrogens is 591 g/mol. The number of likely N-dealkylation sites (tertiary alicyclic amines) is 1. The first-order chi connectivity index (χ1) is 20.9. The Morgan fingerprint density at radius 1 is 1.09 bits per heavy atom. The number of piperidine rings is 1. The van der Waals surface area contributed by atoms with Gasteiger partial charge in [0.25, 0.3) is 5.91 Å². The molecule has 0 aromatic heterocycles. The summed E-state index contributed by atoms with van der Waals surface area (Å²) in [4.78, 5) is 43.4. The fourth-order valence-electron chi connectivity index (χ4n) is 5.43. The molecule has 2 aromatic rings. The monoisotopic (exact) mass is 632 g/mol. The van der Waals surface area contributed by atoms with Gasteiger partial charge in [-0.3, -0.25) is 14.5 Å². The van der Waals surface area contributed by atoms with Crippen LogP contribution in [0, 0.1) is 11.2 Å². The minimum atomic E-state index is -1.02. The van der Waals surface area contributed by atoms with Crippen molar-refractivity contribution in [1.29, 1.82) is 0 Å². The number of hydrogen-bond acceptors (Lipinski definition) is 7. The van der Waals surface area contributed by atoms with Crippen LogP contribution in [0.25, 0.3) is 0 Å². The number of fused-ring (bicyclic) bond motifs is 1. The highest BCUT2D eigenvalue weighted by atomic mass is 35.5. The first-order valence-corrected chi connectivity index (χ1v) is 15.6. The Morgan fingerprint density at radius 2 is 1.77 bits per heavy atom. The lowest BCUT2D eigenvalue weighted by molar-refractivity contribution is -0.161. The van der Waals surface area contributed by atoms with E-state index >= 15 is 0 Å². The van der Waals surface area contributed by atoms with Crippen LogP contribution >= 0.6 is 11.6 Å². The van der Waals surface area contributed by atoms with Crippen molar-refractivity contribution in [3.8, 4) is 11.5 Å². The number of carbonyl (C=O) groups excluding carboxylic acids is 3. The summed E-state index contributed by atoms with van der Waals surface area (Å²) in [5, 5.41) is 0.314. The Bertz CT molecular complexity index is 1340. The Kier molecular flexibility index (Phi) is 10.7. The Morgan fingerprint density at radius 3 is 2.39 bits per heavy atom. The van der Waals surface area contributed by atoms with Crippen LogP contribution in [-0.2, 0) is 25.5 Å². The van der Waals surface area contributed by atoms with Gasteiger partial charge in [0.15, 0.2) is 6.10 Å². The SMILES string of the molecule is CCCCOc1cc2c(cc1Cl)N(C(=O)OC(C)(C)C)CC(C(=O)N1CCC(Cc3ccc(F)cc3)(C(=O)OCC)CC1)O2. The first kappa shape index (κ1) is 33.4. The van der Waals surface area contributed by atoms with Crippen LogP contribution in [0.5, 0.6) is 11.5 Å². The highest BCUT2D eigenvalue weighted by Crippen LogP contribution is 2.43. The lowest BCUT2D eigenvalue weighted by Crippen LogP contribution is -2.55. The van der Waals surface area contributed by atoms with Crippen LogP contribution in [0.2, 0.25) is 5.02 Å². The molecule has 0 saturated carbocycles. The van der Waals surface area contributed by atoms with Gasteiger partial charge in [-0.25, -0.2) is 9.18 Å². The van der Waals surface area contributed by atoms with Gasteiger partial charge in [0.1, 0.15) is 22.9 Å². The van der Waals surface area contributed by atoms with E-state index in [-0.39, 0.29) is 49.7 Å².